The van der Waals surface area contributed by atoms with Gasteiger partial charge in [-0.3, -0.25) is 4.90 Å². The molecule has 126 valence electrons. The van der Waals surface area contributed by atoms with Gasteiger partial charge >= 0.3 is 0 Å². The molecule has 0 spiro atoms. The van der Waals surface area contributed by atoms with E-state index in [9.17, 15) is 5.26 Å². The Kier molecular flexibility index (Phi) is 4.20. The third kappa shape index (κ3) is 2.90. The topological polar surface area (TPSA) is 36.3 Å². The largest absolute Gasteiger partial charge is 0.483 e. The molecule has 25 heavy (non-hydrogen) atoms. The molecule has 1 aliphatic rings. The average molecular weight is 348 g/mol. The first-order valence-corrected chi connectivity index (χ1v) is 9.41. The van der Waals surface area contributed by atoms with E-state index in [1.807, 2.05) is 47.7 Å². The van der Waals surface area contributed by atoms with Crippen LogP contribution in [0.4, 0.5) is 0 Å². The van der Waals surface area contributed by atoms with Gasteiger partial charge in [0.05, 0.1) is 16.5 Å². The maximum atomic E-state index is 9.35. The summed E-state index contributed by atoms with van der Waals surface area (Å²) >= 11 is 1.84. The lowest BCUT2D eigenvalue weighted by atomic mass is 10.0. The molecule has 0 fully saturated rings. The van der Waals surface area contributed by atoms with E-state index in [-0.39, 0.29) is 6.10 Å². The van der Waals surface area contributed by atoms with Crippen LogP contribution in [0.1, 0.15) is 33.9 Å². The quantitative estimate of drug-likeness (QED) is 0.665. The summed E-state index contributed by atoms with van der Waals surface area (Å²) < 4.78 is 6.50. The first kappa shape index (κ1) is 16.1. The van der Waals surface area contributed by atoms with Gasteiger partial charge < -0.3 is 4.74 Å². The summed E-state index contributed by atoms with van der Waals surface area (Å²) in [4.78, 5) is 5.10. The predicted molar refractivity (Wildman–Crippen MR) is 102 cm³/mol. The van der Waals surface area contributed by atoms with Crippen molar-refractivity contribution in [3.63, 3.8) is 0 Å². The van der Waals surface area contributed by atoms with Crippen molar-refractivity contribution in [3.8, 4) is 11.8 Å². The lowest BCUT2D eigenvalue weighted by molar-refractivity contribution is 0.120. The molecule has 2 aromatic carbocycles. The summed E-state index contributed by atoms with van der Waals surface area (Å²) in [6, 6.07) is 16.3. The maximum absolute atomic E-state index is 9.35. The van der Waals surface area contributed by atoms with Gasteiger partial charge in [-0.05, 0) is 37.2 Å². The molecule has 1 aromatic heterocycles. The third-order valence-electron chi connectivity index (χ3n) is 4.80. The second-order valence-electron chi connectivity index (χ2n) is 6.45. The van der Waals surface area contributed by atoms with Crippen LogP contribution in [-0.2, 0) is 6.54 Å². The number of nitriles is 1. The van der Waals surface area contributed by atoms with E-state index in [0.717, 1.165) is 36.2 Å². The summed E-state index contributed by atoms with van der Waals surface area (Å²) in [5.74, 6) is 0.856. The smallest absolute Gasteiger partial charge is 0.146 e. The molecule has 0 saturated heterocycles. The Morgan fingerprint density at radius 2 is 2.04 bits per heavy atom. The number of fused-ring (bicyclic) bond motifs is 2. The fourth-order valence-electron chi connectivity index (χ4n) is 3.56. The van der Waals surface area contributed by atoms with Gasteiger partial charge in [0, 0.05) is 28.7 Å². The lowest BCUT2D eigenvalue weighted by Gasteiger charge is -2.32. The fraction of sp³-hybridized carbons (Fsp3) is 0.286. The number of aryl methyl sites for hydroxylation is 1. The number of hydrogen-bond donors (Lipinski definition) is 0. The fourth-order valence-corrected chi connectivity index (χ4v) is 4.62. The van der Waals surface area contributed by atoms with Crippen molar-refractivity contribution < 1.29 is 4.74 Å². The molecule has 0 radical (unpaired) electrons. The minimum absolute atomic E-state index is 0.0405. The minimum atomic E-state index is 0.0405. The van der Waals surface area contributed by atoms with E-state index < -0.39 is 0 Å². The van der Waals surface area contributed by atoms with Crippen LogP contribution in [0, 0.1) is 18.3 Å². The zero-order valence-corrected chi connectivity index (χ0v) is 15.3. The number of likely N-dealkylation sites (N-methyl/N-ethyl adjacent to an activating group) is 1. The zero-order valence-electron chi connectivity index (χ0n) is 14.5. The summed E-state index contributed by atoms with van der Waals surface area (Å²) in [7, 11) is 0. The summed E-state index contributed by atoms with van der Waals surface area (Å²) in [6.07, 6.45) is 0.0405. The minimum Gasteiger partial charge on any atom is -0.483 e. The van der Waals surface area contributed by atoms with Crippen LogP contribution in [-0.4, -0.2) is 18.0 Å². The van der Waals surface area contributed by atoms with E-state index in [4.69, 9.17) is 4.74 Å². The molecule has 0 amide bonds. The summed E-state index contributed by atoms with van der Waals surface area (Å²) in [6.45, 7) is 7.27. The van der Waals surface area contributed by atoms with Gasteiger partial charge in [0.15, 0.2) is 0 Å². The molecule has 0 aliphatic carbocycles. The van der Waals surface area contributed by atoms with Crippen molar-refractivity contribution in [2.45, 2.75) is 26.5 Å². The molecule has 4 rings (SSSR count). The number of rotatable bonds is 3. The highest BCUT2D eigenvalue weighted by molar-refractivity contribution is 7.12. The molecule has 0 N–H and O–H groups in total. The second-order valence-corrected chi connectivity index (χ2v) is 7.74. The van der Waals surface area contributed by atoms with Crippen molar-refractivity contribution in [2.75, 3.05) is 13.1 Å². The molecule has 0 saturated carbocycles. The van der Waals surface area contributed by atoms with Crippen molar-refractivity contribution in [1.82, 2.24) is 4.90 Å². The molecule has 2 heterocycles. The van der Waals surface area contributed by atoms with E-state index in [1.165, 1.54) is 15.3 Å². The Bertz CT molecular complexity index is 970. The van der Waals surface area contributed by atoms with E-state index in [1.54, 1.807) is 0 Å². The number of hydrogen-bond acceptors (Lipinski definition) is 4. The van der Waals surface area contributed by atoms with Gasteiger partial charge in [0.2, 0.25) is 0 Å². The van der Waals surface area contributed by atoms with Crippen LogP contribution in [0.2, 0.25) is 0 Å². The highest BCUT2D eigenvalue weighted by Gasteiger charge is 2.28. The van der Waals surface area contributed by atoms with E-state index in [0.29, 0.717) is 5.56 Å². The molecule has 0 bridgehead atoms. The lowest BCUT2D eigenvalue weighted by Crippen LogP contribution is -2.34. The van der Waals surface area contributed by atoms with Crippen LogP contribution in [0.3, 0.4) is 0 Å². The highest BCUT2D eigenvalue weighted by Crippen LogP contribution is 2.38. The predicted octanol–water partition coefficient (Wildman–Crippen LogP) is 5.04. The summed E-state index contributed by atoms with van der Waals surface area (Å²) in [5, 5.41) is 11.3. The van der Waals surface area contributed by atoms with Crippen LogP contribution in [0.15, 0.2) is 42.5 Å². The second kappa shape index (κ2) is 6.51. The van der Waals surface area contributed by atoms with E-state index in [2.05, 4.69) is 30.9 Å². The van der Waals surface area contributed by atoms with Crippen LogP contribution >= 0.6 is 11.3 Å². The van der Waals surface area contributed by atoms with E-state index >= 15 is 0 Å². The summed E-state index contributed by atoms with van der Waals surface area (Å²) in [5.41, 5.74) is 2.08. The van der Waals surface area contributed by atoms with Crippen molar-refractivity contribution in [3.05, 3.63) is 63.3 Å². The van der Waals surface area contributed by atoms with Crippen LogP contribution in [0.25, 0.3) is 10.8 Å². The van der Waals surface area contributed by atoms with Gasteiger partial charge in [-0.2, -0.15) is 5.26 Å². The van der Waals surface area contributed by atoms with Gasteiger partial charge in [-0.25, -0.2) is 0 Å². The van der Waals surface area contributed by atoms with Crippen molar-refractivity contribution in [1.29, 1.82) is 5.26 Å². The number of thiophene rings is 1. The van der Waals surface area contributed by atoms with Crippen molar-refractivity contribution >= 4 is 22.1 Å². The van der Waals surface area contributed by atoms with Gasteiger partial charge in [0.1, 0.15) is 11.9 Å². The molecular weight excluding hydrogens is 328 g/mol. The SMILES string of the molecule is CCN1Cc2cc(C)sc2C(Oc2ccc(C#N)c3ccccc23)C1. The van der Waals surface area contributed by atoms with Gasteiger partial charge in [-0.1, -0.05) is 31.2 Å². The standard InChI is InChI=1S/C21H20N2OS/c1-3-23-12-16-10-14(2)25-21(16)20(13-23)24-19-9-8-15(11-22)17-6-4-5-7-18(17)19/h4-10,20H,3,12-13H2,1-2H3. The van der Waals surface area contributed by atoms with Crippen LogP contribution in [0.5, 0.6) is 5.75 Å². The van der Waals surface area contributed by atoms with Gasteiger partial charge in [-0.15, -0.1) is 11.3 Å². The zero-order chi connectivity index (χ0) is 17.4. The monoisotopic (exact) mass is 348 g/mol. The number of ether oxygens (including phenoxy) is 1. The van der Waals surface area contributed by atoms with Crippen molar-refractivity contribution in [2.24, 2.45) is 0 Å². The van der Waals surface area contributed by atoms with Crippen LogP contribution < -0.4 is 4.74 Å². The molecule has 1 unspecified atom stereocenters. The molecule has 3 nitrogen and oxygen atoms in total. The third-order valence-corrected chi connectivity index (χ3v) is 5.98. The highest BCUT2D eigenvalue weighted by atomic mass is 32.1. The average Bonchev–Trinajstić information content (AvgIpc) is 3.02. The molecule has 1 aliphatic heterocycles. The number of nitrogens with zero attached hydrogens (tertiary/aromatic N) is 2. The Morgan fingerprint density at radius 1 is 1.24 bits per heavy atom. The molecular formula is C21H20N2OS. The number of benzene rings is 2. The Labute approximate surface area is 152 Å². The molecule has 4 heteroatoms. The first-order valence-electron chi connectivity index (χ1n) is 8.59. The molecule has 3 aromatic rings. The van der Waals surface area contributed by atoms with Gasteiger partial charge in [0.25, 0.3) is 0 Å². The first-order chi connectivity index (χ1) is 12.2. The Balaban J connectivity index is 1.75. The molecule has 1 atom stereocenters. The maximum Gasteiger partial charge on any atom is 0.146 e. The Morgan fingerprint density at radius 3 is 2.80 bits per heavy atom. The Hall–Kier alpha value is -2.35. The normalized spacial score (nSPS) is 17.2.